The van der Waals surface area contributed by atoms with E-state index in [9.17, 15) is 4.39 Å². The van der Waals surface area contributed by atoms with Gasteiger partial charge in [-0.1, -0.05) is 29.3 Å². The number of aromatic nitrogens is 3. The van der Waals surface area contributed by atoms with Crippen molar-refractivity contribution >= 4 is 51.6 Å². The summed E-state index contributed by atoms with van der Waals surface area (Å²) in [5.74, 6) is -0.370. The molecule has 3 aromatic rings. The van der Waals surface area contributed by atoms with E-state index in [1.165, 1.54) is 6.07 Å². The number of nitrogen functional groups attached to an aromatic ring is 1. The summed E-state index contributed by atoms with van der Waals surface area (Å²) in [6.07, 6.45) is 0. The van der Waals surface area contributed by atoms with Crippen LogP contribution in [0, 0.1) is 5.82 Å². The molecule has 0 radical (unpaired) electrons. The molecule has 3 rings (SSSR count). The Morgan fingerprint density at radius 3 is 2.90 bits per heavy atom. The number of H-pyrrole nitrogens is 1. The molecule has 0 unspecified atom stereocenters. The summed E-state index contributed by atoms with van der Waals surface area (Å²) in [5.41, 5.74) is 6.42. The molecule has 2 aromatic heterocycles. The van der Waals surface area contributed by atoms with Crippen LogP contribution < -0.4 is 11.1 Å². The third kappa shape index (κ3) is 2.13. The van der Waals surface area contributed by atoms with E-state index in [1.54, 1.807) is 18.2 Å². The van der Waals surface area contributed by atoms with Crippen LogP contribution >= 0.6 is 23.2 Å². The Labute approximate surface area is 122 Å². The minimum atomic E-state index is -0.568. The Balaban J connectivity index is 2.06. The van der Waals surface area contributed by atoms with E-state index in [2.05, 4.69) is 20.5 Å². The number of nitrogens with two attached hydrogens (primary N) is 1. The number of hydrogen-bond donors (Lipinski definition) is 3. The van der Waals surface area contributed by atoms with Crippen LogP contribution in [0.1, 0.15) is 0 Å². The third-order valence-corrected chi connectivity index (χ3v) is 3.56. The number of fused-ring (bicyclic) bond motifs is 1. The molecule has 0 bridgehead atoms. The van der Waals surface area contributed by atoms with Gasteiger partial charge >= 0.3 is 0 Å². The van der Waals surface area contributed by atoms with Crippen molar-refractivity contribution in [3.8, 4) is 0 Å². The summed E-state index contributed by atoms with van der Waals surface area (Å²) in [4.78, 5) is 4.08. The van der Waals surface area contributed by atoms with Crippen molar-refractivity contribution in [3.05, 3.63) is 40.1 Å². The predicted molar refractivity (Wildman–Crippen MR) is 78.0 cm³/mol. The van der Waals surface area contributed by atoms with Gasteiger partial charge in [0.2, 0.25) is 0 Å². The lowest BCUT2D eigenvalue weighted by atomic mass is 10.3. The normalized spacial score (nSPS) is 10.9. The molecule has 8 heteroatoms. The predicted octanol–water partition coefficient (Wildman–Crippen LogP) is 3.73. The zero-order valence-corrected chi connectivity index (χ0v) is 11.4. The van der Waals surface area contributed by atoms with Crippen LogP contribution in [0.3, 0.4) is 0 Å². The third-order valence-electron chi connectivity index (χ3n) is 2.74. The van der Waals surface area contributed by atoms with E-state index in [0.29, 0.717) is 26.8 Å². The van der Waals surface area contributed by atoms with Gasteiger partial charge in [0.05, 0.1) is 21.1 Å². The molecular weight excluding hydrogens is 304 g/mol. The van der Waals surface area contributed by atoms with E-state index >= 15 is 0 Å². The van der Waals surface area contributed by atoms with Gasteiger partial charge in [0, 0.05) is 0 Å². The summed E-state index contributed by atoms with van der Waals surface area (Å²) in [5, 5.41) is 10.2. The van der Waals surface area contributed by atoms with Crippen LogP contribution in [0.5, 0.6) is 0 Å². The van der Waals surface area contributed by atoms with Gasteiger partial charge in [-0.15, -0.1) is 0 Å². The SMILES string of the molecule is Nc1n[nH]c2nc(Nc3cccc(Cl)c3Cl)c(F)cc12. The highest BCUT2D eigenvalue weighted by atomic mass is 35.5. The van der Waals surface area contributed by atoms with E-state index in [4.69, 9.17) is 28.9 Å². The molecule has 4 N–H and O–H groups in total. The maximum Gasteiger partial charge on any atom is 0.169 e. The Morgan fingerprint density at radius 1 is 1.30 bits per heavy atom. The summed E-state index contributed by atoms with van der Waals surface area (Å²) in [6, 6.07) is 6.25. The first-order chi connectivity index (χ1) is 9.56. The minimum Gasteiger partial charge on any atom is -0.382 e. The lowest BCUT2D eigenvalue weighted by molar-refractivity contribution is 0.629. The average molecular weight is 312 g/mol. The molecule has 2 heterocycles. The lowest BCUT2D eigenvalue weighted by Gasteiger charge is -2.09. The van der Waals surface area contributed by atoms with Crippen molar-refractivity contribution in [2.24, 2.45) is 0 Å². The highest BCUT2D eigenvalue weighted by molar-refractivity contribution is 6.43. The molecule has 5 nitrogen and oxygen atoms in total. The van der Waals surface area contributed by atoms with Gasteiger partial charge in [-0.25, -0.2) is 9.37 Å². The lowest BCUT2D eigenvalue weighted by Crippen LogP contribution is -1.98. The number of aromatic amines is 1. The Bertz CT molecular complexity index is 802. The molecular formula is C12H8Cl2FN5. The first kappa shape index (κ1) is 13.0. The van der Waals surface area contributed by atoms with Crippen LogP contribution in [0.4, 0.5) is 21.7 Å². The topological polar surface area (TPSA) is 79.6 Å². The van der Waals surface area contributed by atoms with Crippen molar-refractivity contribution in [2.45, 2.75) is 0 Å². The molecule has 1 aromatic carbocycles. The van der Waals surface area contributed by atoms with E-state index in [0.717, 1.165) is 0 Å². The zero-order chi connectivity index (χ0) is 14.3. The Hall–Kier alpha value is -2.05. The number of nitrogens with zero attached hydrogens (tertiary/aromatic N) is 2. The molecule has 0 aliphatic carbocycles. The minimum absolute atomic E-state index is 0.00492. The van der Waals surface area contributed by atoms with E-state index in [-0.39, 0.29) is 11.6 Å². The van der Waals surface area contributed by atoms with Crippen molar-refractivity contribution < 1.29 is 4.39 Å². The summed E-state index contributed by atoms with van der Waals surface area (Å²) in [6.45, 7) is 0. The number of hydrogen-bond acceptors (Lipinski definition) is 4. The van der Waals surface area contributed by atoms with Crippen molar-refractivity contribution in [1.29, 1.82) is 0 Å². The Morgan fingerprint density at radius 2 is 2.10 bits per heavy atom. The number of nitrogens with one attached hydrogen (secondary N) is 2. The maximum absolute atomic E-state index is 14.0. The fourth-order valence-electron chi connectivity index (χ4n) is 1.76. The number of pyridine rings is 1. The number of rotatable bonds is 2. The second-order valence-electron chi connectivity index (χ2n) is 4.05. The van der Waals surface area contributed by atoms with Crippen LogP contribution in [-0.2, 0) is 0 Å². The second-order valence-corrected chi connectivity index (χ2v) is 4.84. The molecule has 0 atom stereocenters. The summed E-state index contributed by atoms with van der Waals surface area (Å²) >= 11 is 11.9. The van der Waals surface area contributed by atoms with E-state index < -0.39 is 5.82 Å². The number of benzene rings is 1. The van der Waals surface area contributed by atoms with Gasteiger partial charge < -0.3 is 11.1 Å². The fourth-order valence-corrected chi connectivity index (χ4v) is 2.11. The fraction of sp³-hybridized carbons (Fsp3) is 0. The number of anilines is 3. The van der Waals surface area contributed by atoms with Gasteiger partial charge in [-0.2, -0.15) is 5.10 Å². The van der Waals surface area contributed by atoms with Gasteiger partial charge in [0.15, 0.2) is 23.1 Å². The van der Waals surface area contributed by atoms with Gasteiger partial charge in [-0.3, -0.25) is 5.10 Å². The number of halogens is 3. The van der Waals surface area contributed by atoms with E-state index in [1.807, 2.05) is 0 Å². The second kappa shape index (κ2) is 4.81. The van der Waals surface area contributed by atoms with Gasteiger partial charge in [0.1, 0.15) is 0 Å². The zero-order valence-electron chi connectivity index (χ0n) is 9.92. The molecule has 0 saturated heterocycles. The summed E-state index contributed by atoms with van der Waals surface area (Å²) in [7, 11) is 0. The molecule has 0 aliphatic heterocycles. The van der Waals surface area contributed by atoms with Crippen LogP contribution in [0.15, 0.2) is 24.3 Å². The quantitative estimate of drug-likeness (QED) is 0.673. The molecule has 0 fully saturated rings. The first-order valence-electron chi connectivity index (χ1n) is 5.57. The van der Waals surface area contributed by atoms with Gasteiger partial charge in [0.25, 0.3) is 0 Å². The molecule has 0 spiro atoms. The van der Waals surface area contributed by atoms with Crippen molar-refractivity contribution in [3.63, 3.8) is 0 Å². The maximum atomic E-state index is 14.0. The summed E-state index contributed by atoms with van der Waals surface area (Å²) < 4.78 is 14.0. The first-order valence-corrected chi connectivity index (χ1v) is 6.33. The van der Waals surface area contributed by atoms with Crippen molar-refractivity contribution in [1.82, 2.24) is 15.2 Å². The molecule has 20 heavy (non-hydrogen) atoms. The Kier molecular flexibility index (Phi) is 3.11. The average Bonchev–Trinajstić information content (AvgIpc) is 2.77. The standard InChI is InChI=1S/C12H8Cl2FN5/c13-6-2-1-3-8(9(6)14)17-12-7(15)4-5-10(16)19-20-11(5)18-12/h1-4H,(H4,16,17,18,19,20). The van der Waals surface area contributed by atoms with Gasteiger partial charge in [-0.05, 0) is 18.2 Å². The highest BCUT2D eigenvalue weighted by Gasteiger charge is 2.13. The molecule has 0 aliphatic rings. The molecule has 102 valence electrons. The molecule has 0 amide bonds. The smallest absolute Gasteiger partial charge is 0.169 e. The van der Waals surface area contributed by atoms with Crippen LogP contribution in [0.25, 0.3) is 11.0 Å². The van der Waals surface area contributed by atoms with Crippen LogP contribution in [0.2, 0.25) is 10.0 Å². The van der Waals surface area contributed by atoms with Crippen molar-refractivity contribution in [2.75, 3.05) is 11.1 Å². The van der Waals surface area contributed by atoms with Crippen LogP contribution in [-0.4, -0.2) is 15.2 Å². The largest absolute Gasteiger partial charge is 0.382 e. The monoisotopic (exact) mass is 311 g/mol. The molecule has 0 saturated carbocycles. The highest BCUT2D eigenvalue weighted by Crippen LogP contribution is 2.32.